The second-order valence-corrected chi connectivity index (χ2v) is 5.09. The molecule has 22 heavy (non-hydrogen) atoms. The summed E-state index contributed by atoms with van der Waals surface area (Å²) in [5.41, 5.74) is 0.0629. The third-order valence-corrected chi connectivity index (χ3v) is 3.65. The van der Waals surface area contributed by atoms with Gasteiger partial charge in [-0.05, 0) is 34.0 Å². The van der Waals surface area contributed by atoms with Crippen molar-refractivity contribution in [1.82, 2.24) is 0 Å². The molecule has 0 aliphatic rings. The Morgan fingerprint density at radius 2 is 1.50 bits per heavy atom. The van der Waals surface area contributed by atoms with Gasteiger partial charge in [-0.15, -0.1) is 0 Å². The summed E-state index contributed by atoms with van der Waals surface area (Å²) in [6.07, 6.45) is -5.53. The van der Waals surface area contributed by atoms with Gasteiger partial charge in [0.05, 0.1) is 5.56 Å². The quantitative estimate of drug-likeness (QED) is 0.711. The molecule has 0 saturated carbocycles. The fourth-order valence-corrected chi connectivity index (χ4v) is 2.55. The number of aliphatic hydroxyl groups is 1. The lowest BCUT2D eigenvalue weighted by molar-refractivity contribution is -0.137. The van der Waals surface area contributed by atoms with E-state index in [0.717, 1.165) is 22.9 Å². The zero-order chi connectivity index (χ0) is 15.7. The average Bonchev–Trinajstić information content (AvgIpc) is 2.53. The maximum atomic E-state index is 12.8. The van der Waals surface area contributed by atoms with Gasteiger partial charge in [0.25, 0.3) is 0 Å². The summed E-state index contributed by atoms with van der Waals surface area (Å²) in [5, 5.41) is 12.3. The van der Waals surface area contributed by atoms with Crippen LogP contribution in [-0.2, 0) is 6.18 Å². The molecule has 0 amide bonds. The van der Waals surface area contributed by atoms with Crippen molar-refractivity contribution in [1.29, 1.82) is 0 Å². The van der Waals surface area contributed by atoms with E-state index < -0.39 is 17.8 Å². The summed E-state index contributed by atoms with van der Waals surface area (Å²) >= 11 is 0. The first-order valence-electron chi connectivity index (χ1n) is 6.80. The Balaban J connectivity index is 2.08. The molecular formula is C18H13F3O. The highest BCUT2D eigenvalue weighted by molar-refractivity contribution is 5.86. The normalized spacial score (nSPS) is 13.3. The van der Waals surface area contributed by atoms with Crippen molar-refractivity contribution in [3.05, 3.63) is 83.4 Å². The topological polar surface area (TPSA) is 20.2 Å². The Kier molecular flexibility index (Phi) is 3.62. The van der Waals surface area contributed by atoms with E-state index in [1.165, 1.54) is 12.1 Å². The monoisotopic (exact) mass is 302 g/mol. The molecule has 1 N–H and O–H groups in total. The van der Waals surface area contributed by atoms with E-state index in [1.54, 1.807) is 12.1 Å². The smallest absolute Gasteiger partial charge is 0.384 e. The molecule has 3 aromatic carbocycles. The number of alkyl halides is 3. The molecule has 0 spiro atoms. The summed E-state index contributed by atoms with van der Waals surface area (Å²) in [5.74, 6) is 0. The van der Waals surface area contributed by atoms with E-state index in [1.807, 2.05) is 30.3 Å². The van der Waals surface area contributed by atoms with Gasteiger partial charge in [-0.25, -0.2) is 0 Å². The highest BCUT2D eigenvalue weighted by atomic mass is 19.4. The lowest BCUT2D eigenvalue weighted by atomic mass is 9.95. The van der Waals surface area contributed by atoms with Gasteiger partial charge in [0.15, 0.2) is 0 Å². The molecule has 3 rings (SSSR count). The zero-order valence-corrected chi connectivity index (χ0v) is 11.5. The first-order chi connectivity index (χ1) is 10.5. The van der Waals surface area contributed by atoms with Gasteiger partial charge in [-0.2, -0.15) is 13.2 Å². The van der Waals surface area contributed by atoms with Crippen LogP contribution in [0, 0.1) is 0 Å². The van der Waals surface area contributed by atoms with Crippen molar-refractivity contribution >= 4 is 10.8 Å². The third-order valence-electron chi connectivity index (χ3n) is 3.65. The number of aliphatic hydroxyl groups excluding tert-OH is 1. The van der Waals surface area contributed by atoms with Crippen LogP contribution in [0.2, 0.25) is 0 Å². The molecule has 1 nitrogen and oxygen atoms in total. The molecule has 1 atom stereocenters. The Bertz CT molecular complexity index is 803. The standard InChI is InChI=1S/C18H13F3O/c19-18(20,21)14-8-3-7-13(11-14)17(22)16-10-4-6-12-5-1-2-9-15(12)16/h1-11,17,22H/t17-/m1/s1. The molecule has 0 fully saturated rings. The van der Waals surface area contributed by atoms with Crippen LogP contribution in [0.4, 0.5) is 13.2 Å². The van der Waals surface area contributed by atoms with Crippen molar-refractivity contribution < 1.29 is 18.3 Å². The Hall–Kier alpha value is -2.33. The molecule has 0 aromatic heterocycles. The van der Waals surface area contributed by atoms with Gasteiger partial charge in [-0.1, -0.05) is 54.6 Å². The second-order valence-electron chi connectivity index (χ2n) is 5.09. The molecule has 3 aromatic rings. The molecule has 0 radical (unpaired) electrons. The lowest BCUT2D eigenvalue weighted by Gasteiger charge is -2.16. The van der Waals surface area contributed by atoms with Crippen LogP contribution in [-0.4, -0.2) is 5.11 Å². The Morgan fingerprint density at radius 1 is 0.818 bits per heavy atom. The zero-order valence-electron chi connectivity index (χ0n) is 11.5. The molecule has 0 aliphatic heterocycles. The third kappa shape index (κ3) is 2.70. The van der Waals surface area contributed by atoms with E-state index in [-0.39, 0.29) is 5.56 Å². The second kappa shape index (κ2) is 5.46. The molecule has 0 unspecified atom stereocenters. The van der Waals surface area contributed by atoms with Crippen molar-refractivity contribution in [2.24, 2.45) is 0 Å². The minimum Gasteiger partial charge on any atom is -0.384 e. The van der Waals surface area contributed by atoms with Gasteiger partial charge in [0.1, 0.15) is 6.10 Å². The van der Waals surface area contributed by atoms with Crippen LogP contribution >= 0.6 is 0 Å². The maximum absolute atomic E-state index is 12.8. The molecule has 4 heteroatoms. The Labute approximate surface area is 125 Å². The number of halogens is 3. The van der Waals surface area contributed by atoms with Gasteiger partial charge < -0.3 is 5.11 Å². The van der Waals surface area contributed by atoms with Crippen molar-refractivity contribution in [2.75, 3.05) is 0 Å². The number of benzene rings is 3. The molecule has 0 bridgehead atoms. The number of hydrogen-bond donors (Lipinski definition) is 1. The van der Waals surface area contributed by atoms with E-state index in [9.17, 15) is 18.3 Å². The lowest BCUT2D eigenvalue weighted by Crippen LogP contribution is -2.07. The van der Waals surface area contributed by atoms with E-state index in [0.29, 0.717) is 5.56 Å². The fraction of sp³-hybridized carbons (Fsp3) is 0.111. The van der Waals surface area contributed by atoms with Crippen LogP contribution in [0.5, 0.6) is 0 Å². The first kappa shape index (κ1) is 14.6. The highest BCUT2D eigenvalue weighted by Gasteiger charge is 2.31. The maximum Gasteiger partial charge on any atom is 0.416 e. The minimum absolute atomic E-state index is 0.228. The molecular weight excluding hydrogens is 289 g/mol. The summed E-state index contributed by atoms with van der Waals surface area (Å²) in [6, 6.07) is 17.7. The first-order valence-corrected chi connectivity index (χ1v) is 6.80. The van der Waals surface area contributed by atoms with Gasteiger partial charge in [0, 0.05) is 0 Å². The molecule has 0 heterocycles. The predicted octanol–water partition coefficient (Wildman–Crippen LogP) is 4.94. The number of hydrogen-bond acceptors (Lipinski definition) is 1. The van der Waals surface area contributed by atoms with E-state index in [2.05, 4.69) is 0 Å². The summed E-state index contributed by atoms with van der Waals surface area (Å²) in [6.45, 7) is 0. The number of rotatable bonds is 2. The van der Waals surface area contributed by atoms with Crippen LogP contribution in [0.25, 0.3) is 10.8 Å². The summed E-state index contributed by atoms with van der Waals surface area (Å²) in [7, 11) is 0. The average molecular weight is 302 g/mol. The minimum atomic E-state index is -4.42. The molecule has 0 aliphatic carbocycles. The van der Waals surface area contributed by atoms with Crippen LogP contribution < -0.4 is 0 Å². The number of fused-ring (bicyclic) bond motifs is 1. The highest BCUT2D eigenvalue weighted by Crippen LogP contribution is 2.33. The predicted molar refractivity (Wildman–Crippen MR) is 79.5 cm³/mol. The molecule has 0 saturated heterocycles. The molecule has 112 valence electrons. The largest absolute Gasteiger partial charge is 0.416 e. The summed E-state index contributed by atoms with van der Waals surface area (Å²) in [4.78, 5) is 0. The van der Waals surface area contributed by atoms with Crippen molar-refractivity contribution in [3.63, 3.8) is 0 Å². The SMILES string of the molecule is O[C@H](c1cccc(C(F)(F)F)c1)c1cccc2ccccc12. The van der Waals surface area contributed by atoms with E-state index >= 15 is 0 Å². The van der Waals surface area contributed by atoms with E-state index in [4.69, 9.17) is 0 Å². The fourth-order valence-electron chi connectivity index (χ4n) is 2.55. The van der Waals surface area contributed by atoms with Crippen LogP contribution in [0.1, 0.15) is 22.8 Å². The Morgan fingerprint density at radius 3 is 2.27 bits per heavy atom. The van der Waals surface area contributed by atoms with Gasteiger partial charge in [0.2, 0.25) is 0 Å². The van der Waals surface area contributed by atoms with Crippen molar-refractivity contribution in [3.8, 4) is 0 Å². The van der Waals surface area contributed by atoms with Crippen LogP contribution in [0.3, 0.4) is 0 Å². The van der Waals surface area contributed by atoms with Gasteiger partial charge >= 0.3 is 6.18 Å². The van der Waals surface area contributed by atoms with Crippen LogP contribution in [0.15, 0.2) is 66.7 Å². The van der Waals surface area contributed by atoms with Gasteiger partial charge in [-0.3, -0.25) is 0 Å². The summed E-state index contributed by atoms with van der Waals surface area (Å²) < 4.78 is 38.4. The van der Waals surface area contributed by atoms with Crippen molar-refractivity contribution in [2.45, 2.75) is 12.3 Å².